The van der Waals surface area contributed by atoms with Crippen molar-refractivity contribution in [2.45, 2.75) is 6.92 Å². The molecule has 0 amide bonds. The number of benzene rings is 2. The van der Waals surface area contributed by atoms with Crippen molar-refractivity contribution in [3.63, 3.8) is 0 Å². The van der Waals surface area contributed by atoms with Gasteiger partial charge < -0.3 is 0 Å². The highest BCUT2D eigenvalue weighted by atomic mass is 35.5. The summed E-state index contributed by atoms with van der Waals surface area (Å²) in [5.41, 5.74) is 5.10. The van der Waals surface area contributed by atoms with Gasteiger partial charge in [0.2, 0.25) is 0 Å². The van der Waals surface area contributed by atoms with Crippen molar-refractivity contribution >= 4 is 11.6 Å². The Hall–Kier alpha value is -3.97. The summed E-state index contributed by atoms with van der Waals surface area (Å²) in [5.74, 6) is 1.12. The third-order valence-electron chi connectivity index (χ3n) is 4.81. The molecule has 0 atom stereocenters. The van der Waals surface area contributed by atoms with Crippen molar-refractivity contribution < 1.29 is 0 Å². The van der Waals surface area contributed by atoms with E-state index in [2.05, 4.69) is 25.5 Å². The molecule has 5 rings (SSSR count). The predicted octanol–water partition coefficient (Wildman–Crippen LogP) is 4.81. The average molecular weight is 426 g/mol. The molecule has 0 saturated heterocycles. The first kappa shape index (κ1) is 19.0. The molecule has 0 fully saturated rings. The molecule has 3 heterocycles. The summed E-state index contributed by atoms with van der Waals surface area (Å²) < 4.78 is 1.68. The zero-order valence-corrected chi connectivity index (χ0v) is 17.3. The highest BCUT2D eigenvalue weighted by Gasteiger charge is 2.19. The van der Waals surface area contributed by atoms with Crippen LogP contribution in [0.1, 0.15) is 5.56 Å². The molecule has 0 bridgehead atoms. The fraction of sp³-hybridized carbons (Fsp3) is 0.0435. The van der Waals surface area contributed by atoms with E-state index >= 15 is 0 Å². The number of tetrazole rings is 1. The third-order valence-corrected chi connectivity index (χ3v) is 5.05. The van der Waals surface area contributed by atoms with Crippen molar-refractivity contribution in [2.75, 3.05) is 0 Å². The van der Waals surface area contributed by atoms with E-state index in [-0.39, 0.29) is 0 Å². The fourth-order valence-electron chi connectivity index (χ4n) is 3.26. The summed E-state index contributed by atoms with van der Waals surface area (Å²) in [6, 6.07) is 19.2. The van der Waals surface area contributed by atoms with Crippen molar-refractivity contribution in [3.8, 4) is 39.7 Å². The summed E-state index contributed by atoms with van der Waals surface area (Å²) in [5, 5.41) is 13.0. The summed E-state index contributed by atoms with van der Waals surface area (Å²) in [7, 11) is 0. The first-order valence-electron chi connectivity index (χ1n) is 9.58. The maximum atomic E-state index is 6.27. The monoisotopic (exact) mass is 425 g/mol. The van der Waals surface area contributed by atoms with Gasteiger partial charge in [0.05, 0.1) is 16.9 Å². The minimum atomic E-state index is 0.542. The van der Waals surface area contributed by atoms with Crippen LogP contribution in [-0.2, 0) is 0 Å². The standard InChI is InChI=1S/C23H16ClN7/c1-15-5-7-19(8-6-15)31-23(28-29-30-31)20-14-26-22(16-9-11-25-12-10-16)27-21(20)17-3-2-4-18(24)13-17/h2-14H,1H3. The molecule has 3 aromatic heterocycles. The summed E-state index contributed by atoms with van der Waals surface area (Å²) in [6.07, 6.45) is 5.17. The Morgan fingerprint density at radius 2 is 1.71 bits per heavy atom. The molecule has 5 aromatic rings. The van der Waals surface area contributed by atoms with E-state index in [1.807, 2.05) is 67.6 Å². The lowest BCUT2D eigenvalue weighted by Gasteiger charge is -2.11. The molecule has 0 unspecified atom stereocenters. The first-order chi connectivity index (χ1) is 15.2. The van der Waals surface area contributed by atoms with Crippen LogP contribution in [0.25, 0.3) is 39.7 Å². The summed E-state index contributed by atoms with van der Waals surface area (Å²) >= 11 is 6.27. The van der Waals surface area contributed by atoms with Crippen molar-refractivity contribution in [2.24, 2.45) is 0 Å². The number of halogens is 1. The smallest absolute Gasteiger partial charge is 0.190 e. The van der Waals surface area contributed by atoms with Crippen LogP contribution in [0.3, 0.4) is 0 Å². The van der Waals surface area contributed by atoms with Crippen LogP contribution in [0.2, 0.25) is 5.02 Å². The average Bonchev–Trinajstić information content (AvgIpc) is 3.29. The molecule has 8 heteroatoms. The van der Waals surface area contributed by atoms with E-state index in [0.717, 1.165) is 22.4 Å². The number of pyridine rings is 1. The Morgan fingerprint density at radius 3 is 2.48 bits per heavy atom. The molecule has 2 aromatic carbocycles. The molecule has 0 aliphatic heterocycles. The number of hydrogen-bond acceptors (Lipinski definition) is 6. The maximum Gasteiger partial charge on any atom is 0.190 e. The van der Waals surface area contributed by atoms with E-state index in [0.29, 0.717) is 27.9 Å². The van der Waals surface area contributed by atoms with Crippen LogP contribution >= 0.6 is 11.6 Å². The van der Waals surface area contributed by atoms with Gasteiger partial charge in [0.1, 0.15) is 0 Å². The summed E-state index contributed by atoms with van der Waals surface area (Å²) in [4.78, 5) is 13.5. The third kappa shape index (κ3) is 3.78. The highest BCUT2D eigenvalue weighted by molar-refractivity contribution is 6.30. The Bertz CT molecular complexity index is 1350. The topological polar surface area (TPSA) is 82.3 Å². The first-order valence-corrected chi connectivity index (χ1v) is 9.96. The van der Waals surface area contributed by atoms with E-state index < -0.39 is 0 Å². The zero-order valence-electron chi connectivity index (χ0n) is 16.5. The summed E-state index contributed by atoms with van der Waals surface area (Å²) in [6.45, 7) is 2.03. The van der Waals surface area contributed by atoms with Gasteiger partial charge in [0, 0.05) is 34.7 Å². The lowest BCUT2D eigenvalue weighted by atomic mass is 10.1. The normalized spacial score (nSPS) is 10.9. The van der Waals surface area contributed by atoms with Gasteiger partial charge in [-0.1, -0.05) is 41.4 Å². The number of nitrogens with zero attached hydrogens (tertiary/aromatic N) is 7. The second-order valence-corrected chi connectivity index (χ2v) is 7.39. The highest BCUT2D eigenvalue weighted by Crippen LogP contribution is 2.32. The van der Waals surface area contributed by atoms with Crippen LogP contribution in [0.5, 0.6) is 0 Å². The molecule has 0 saturated carbocycles. The molecule has 7 nitrogen and oxygen atoms in total. The minimum Gasteiger partial charge on any atom is -0.265 e. The van der Waals surface area contributed by atoms with E-state index in [4.69, 9.17) is 16.6 Å². The van der Waals surface area contributed by atoms with Gasteiger partial charge in [-0.3, -0.25) is 4.98 Å². The Labute approximate surface area is 183 Å². The molecule has 31 heavy (non-hydrogen) atoms. The second-order valence-electron chi connectivity index (χ2n) is 6.95. The largest absolute Gasteiger partial charge is 0.265 e. The van der Waals surface area contributed by atoms with Crippen LogP contribution in [0, 0.1) is 6.92 Å². The van der Waals surface area contributed by atoms with Crippen LogP contribution < -0.4 is 0 Å². The predicted molar refractivity (Wildman–Crippen MR) is 119 cm³/mol. The van der Waals surface area contributed by atoms with Gasteiger partial charge >= 0.3 is 0 Å². The Morgan fingerprint density at radius 1 is 0.903 bits per heavy atom. The molecule has 0 N–H and O–H groups in total. The lowest BCUT2D eigenvalue weighted by molar-refractivity contribution is 0.791. The number of rotatable bonds is 4. The van der Waals surface area contributed by atoms with Crippen LogP contribution in [0.4, 0.5) is 0 Å². The van der Waals surface area contributed by atoms with E-state index in [9.17, 15) is 0 Å². The molecular weight excluding hydrogens is 410 g/mol. The minimum absolute atomic E-state index is 0.542. The number of aromatic nitrogens is 7. The fourth-order valence-corrected chi connectivity index (χ4v) is 3.45. The second kappa shape index (κ2) is 8.04. The van der Waals surface area contributed by atoms with Gasteiger partial charge in [0.25, 0.3) is 0 Å². The SMILES string of the molecule is Cc1ccc(-n2nnnc2-c2cnc(-c3ccncc3)nc2-c2cccc(Cl)c2)cc1. The number of aryl methyl sites for hydroxylation is 1. The van der Waals surface area contributed by atoms with Gasteiger partial charge in [-0.05, 0) is 53.7 Å². The van der Waals surface area contributed by atoms with Gasteiger partial charge in [-0.25, -0.2) is 9.97 Å². The lowest BCUT2D eigenvalue weighted by Crippen LogP contribution is -2.03. The van der Waals surface area contributed by atoms with Gasteiger partial charge in [0.15, 0.2) is 11.6 Å². The Kier molecular flexibility index (Phi) is 4.93. The Balaban J connectivity index is 1.71. The quantitative estimate of drug-likeness (QED) is 0.411. The molecule has 0 radical (unpaired) electrons. The van der Waals surface area contributed by atoms with Gasteiger partial charge in [-0.2, -0.15) is 4.68 Å². The van der Waals surface area contributed by atoms with Crippen molar-refractivity contribution in [3.05, 3.63) is 89.8 Å². The van der Waals surface area contributed by atoms with E-state index in [1.54, 1.807) is 23.3 Å². The van der Waals surface area contributed by atoms with Crippen molar-refractivity contribution in [1.82, 2.24) is 35.2 Å². The molecule has 0 aliphatic carbocycles. The molecule has 0 aliphatic rings. The van der Waals surface area contributed by atoms with Crippen molar-refractivity contribution in [1.29, 1.82) is 0 Å². The van der Waals surface area contributed by atoms with Gasteiger partial charge in [-0.15, -0.1) is 5.10 Å². The molecule has 0 spiro atoms. The zero-order chi connectivity index (χ0) is 21.2. The van der Waals surface area contributed by atoms with Crippen LogP contribution in [0.15, 0.2) is 79.3 Å². The molecular formula is C23H16ClN7. The van der Waals surface area contributed by atoms with Crippen LogP contribution in [-0.4, -0.2) is 35.2 Å². The van der Waals surface area contributed by atoms with E-state index in [1.165, 1.54) is 0 Å². The number of hydrogen-bond donors (Lipinski definition) is 0. The molecule has 150 valence electrons. The maximum absolute atomic E-state index is 6.27.